The predicted octanol–water partition coefficient (Wildman–Crippen LogP) is 1.18. The highest BCUT2D eigenvalue weighted by Crippen LogP contribution is 2.36. The highest BCUT2D eigenvalue weighted by Gasteiger charge is 2.43. The summed E-state index contributed by atoms with van der Waals surface area (Å²) in [6, 6.07) is 0. The highest BCUT2D eigenvalue weighted by molar-refractivity contribution is 5.76. The van der Waals surface area contributed by atoms with Gasteiger partial charge in [0.05, 0.1) is 24.9 Å². The van der Waals surface area contributed by atoms with Gasteiger partial charge in [0.15, 0.2) is 5.82 Å². The molecule has 0 radical (unpaired) electrons. The van der Waals surface area contributed by atoms with Gasteiger partial charge < -0.3 is 14.7 Å². The van der Waals surface area contributed by atoms with Gasteiger partial charge in [0.25, 0.3) is 0 Å². The molecule has 0 bridgehead atoms. The molecule has 6 heteroatoms. The number of carbonyl (C=O) groups is 1. The highest BCUT2D eigenvalue weighted by atomic mass is 16.5. The molecule has 1 unspecified atom stereocenters. The summed E-state index contributed by atoms with van der Waals surface area (Å²) in [7, 11) is 1.53. The molecule has 1 N–H and O–H groups in total. The van der Waals surface area contributed by atoms with E-state index in [-0.39, 0.29) is 0 Å². The van der Waals surface area contributed by atoms with E-state index in [2.05, 4.69) is 9.97 Å². The van der Waals surface area contributed by atoms with Crippen molar-refractivity contribution < 1.29 is 14.6 Å². The number of carboxylic acids is 1. The van der Waals surface area contributed by atoms with E-state index in [4.69, 9.17) is 4.74 Å². The van der Waals surface area contributed by atoms with E-state index in [9.17, 15) is 9.90 Å². The van der Waals surface area contributed by atoms with E-state index >= 15 is 0 Å². The second kappa shape index (κ2) is 4.80. The number of hydrogen-bond donors (Lipinski definition) is 1. The van der Waals surface area contributed by atoms with Gasteiger partial charge in [0.1, 0.15) is 0 Å². The Morgan fingerprint density at radius 3 is 2.94 bits per heavy atom. The molecule has 98 valence electrons. The number of methoxy groups -OCH3 is 1. The minimum Gasteiger partial charge on any atom is -0.481 e. The van der Waals surface area contributed by atoms with Gasteiger partial charge in [-0.15, -0.1) is 0 Å². The fraction of sp³-hybridized carbons (Fsp3) is 0.583. The standard InChI is InChI=1S/C12H17N3O3/c1-3-12(11(16)17)4-5-15(8-12)9-6-13-7-10(14-9)18-2/h6-7H,3-5,8H2,1-2H3,(H,16,17). The van der Waals surface area contributed by atoms with Gasteiger partial charge in [-0.05, 0) is 12.8 Å². The van der Waals surface area contributed by atoms with Crippen LogP contribution in [0, 0.1) is 5.41 Å². The number of ether oxygens (including phenoxy) is 1. The third-order valence-electron chi connectivity index (χ3n) is 3.62. The Bertz CT molecular complexity index is 452. The summed E-state index contributed by atoms with van der Waals surface area (Å²) in [4.78, 5) is 21.6. The summed E-state index contributed by atoms with van der Waals surface area (Å²) >= 11 is 0. The largest absolute Gasteiger partial charge is 0.481 e. The molecule has 1 aromatic rings. The second-order valence-electron chi connectivity index (χ2n) is 4.53. The maximum absolute atomic E-state index is 11.4. The predicted molar refractivity (Wildman–Crippen MR) is 65.8 cm³/mol. The van der Waals surface area contributed by atoms with Crippen molar-refractivity contribution in [3.05, 3.63) is 12.4 Å². The molecule has 1 aliphatic heterocycles. The van der Waals surface area contributed by atoms with Crippen molar-refractivity contribution in [3.63, 3.8) is 0 Å². The molecule has 6 nitrogen and oxygen atoms in total. The summed E-state index contributed by atoms with van der Waals surface area (Å²) in [6.07, 6.45) is 4.42. The van der Waals surface area contributed by atoms with Gasteiger partial charge in [-0.25, -0.2) is 0 Å². The third-order valence-corrected chi connectivity index (χ3v) is 3.62. The van der Waals surface area contributed by atoms with Crippen LogP contribution in [-0.2, 0) is 4.79 Å². The van der Waals surface area contributed by atoms with E-state index < -0.39 is 11.4 Å². The van der Waals surface area contributed by atoms with Gasteiger partial charge in [0, 0.05) is 13.1 Å². The lowest BCUT2D eigenvalue weighted by Gasteiger charge is -2.23. The fourth-order valence-corrected chi connectivity index (χ4v) is 2.27. The molecular weight excluding hydrogens is 234 g/mol. The first-order valence-electron chi connectivity index (χ1n) is 5.95. The quantitative estimate of drug-likeness (QED) is 0.866. The van der Waals surface area contributed by atoms with E-state index in [1.807, 2.05) is 11.8 Å². The number of aromatic nitrogens is 2. The molecule has 2 rings (SSSR count). The molecule has 18 heavy (non-hydrogen) atoms. The Kier molecular flexibility index (Phi) is 3.36. The summed E-state index contributed by atoms with van der Waals surface area (Å²) in [5, 5.41) is 9.34. The molecule has 1 aliphatic rings. The Balaban J connectivity index is 2.19. The van der Waals surface area contributed by atoms with E-state index in [0.717, 1.165) is 0 Å². The molecule has 1 aromatic heterocycles. The van der Waals surface area contributed by atoms with Crippen LogP contribution in [0.2, 0.25) is 0 Å². The lowest BCUT2D eigenvalue weighted by atomic mass is 9.84. The number of aliphatic carboxylic acids is 1. The minimum absolute atomic E-state index is 0.442. The summed E-state index contributed by atoms with van der Waals surface area (Å²) < 4.78 is 5.02. The van der Waals surface area contributed by atoms with Crippen LogP contribution in [0.4, 0.5) is 5.82 Å². The van der Waals surface area contributed by atoms with Gasteiger partial charge in [-0.1, -0.05) is 6.92 Å². The summed E-state index contributed by atoms with van der Waals surface area (Å²) in [5.41, 5.74) is -0.662. The lowest BCUT2D eigenvalue weighted by Crippen LogP contribution is -2.34. The lowest BCUT2D eigenvalue weighted by molar-refractivity contribution is -0.147. The maximum atomic E-state index is 11.4. The zero-order valence-electron chi connectivity index (χ0n) is 10.6. The van der Waals surface area contributed by atoms with Crippen LogP contribution < -0.4 is 9.64 Å². The molecule has 1 saturated heterocycles. The smallest absolute Gasteiger partial charge is 0.311 e. The number of nitrogens with zero attached hydrogens (tertiary/aromatic N) is 3. The molecule has 0 amide bonds. The zero-order chi connectivity index (χ0) is 13.2. The molecule has 0 spiro atoms. The second-order valence-corrected chi connectivity index (χ2v) is 4.53. The first kappa shape index (κ1) is 12.6. The average Bonchev–Trinajstić information content (AvgIpc) is 2.84. The Morgan fingerprint density at radius 1 is 1.61 bits per heavy atom. The van der Waals surface area contributed by atoms with Gasteiger partial charge in [-0.2, -0.15) is 4.98 Å². The normalized spacial score (nSPS) is 23.1. The molecule has 0 saturated carbocycles. The van der Waals surface area contributed by atoms with Crippen LogP contribution >= 0.6 is 0 Å². The Labute approximate surface area is 106 Å². The van der Waals surface area contributed by atoms with Crippen molar-refractivity contribution in [2.45, 2.75) is 19.8 Å². The Morgan fingerprint density at radius 2 is 2.39 bits per heavy atom. The fourth-order valence-electron chi connectivity index (χ4n) is 2.27. The third kappa shape index (κ3) is 2.10. The van der Waals surface area contributed by atoms with E-state index in [0.29, 0.717) is 37.6 Å². The van der Waals surface area contributed by atoms with Gasteiger partial charge in [0.2, 0.25) is 5.88 Å². The molecular formula is C12H17N3O3. The van der Waals surface area contributed by atoms with Crippen LogP contribution in [-0.4, -0.2) is 41.2 Å². The van der Waals surface area contributed by atoms with Crippen LogP contribution in [0.15, 0.2) is 12.4 Å². The van der Waals surface area contributed by atoms with E-state index in [1.165, 1.54) is 13.3 Å². The number of hydrogen-bond acceptors (Lipinski definition) is 5. The molecule has 1 fully saturated rings. The van der Waals surface area contributed by atoms with Gasteiger partial charge in [-0.3, -0.25) is 9.78 Å². The SMILES string of the molecule is CCC1(C(=O)O)CCN(c2cncc(OC)n2)C1. The van der Waals surface area contributed by atoms with Crippen LogP contribution in [0.3, 0.4) is 0 Å². The average molecular weight is 251 g/mol. The van der Waals surface area contributed by atoms with Gasteiger partial charge >= 0.3 is 5.97 Å². The monoisotopic (exact) mass is 251 g/mol. The number of carboxylic acid groups (broad SMARTS) is 1. The number of anilines is 1. The topological polar surface area (TPSA) is 75.5 Å². The molecule has 0 aliphatic carbocycles. The molecule has 2 heterocycles. The van der Waals surface area contributed by atoms with Crippen molar-refractivity contribution in [2.24, 2.45) is 5.41 Å². The first-order valence-corrected chi connectivity index (χ1v) is 5.95. The van der Waals surface area contributed by atoms with Crippen molar-refractivity contribution in [1.29, 1.82) is 0 Å². The number of rotatable bonds is 4. The summed E-state index contributed by atoms with van der Waals surface area (Å²) in [6.45, 7) is 3.07. The summed E-state index contributed by atoms with van der Waals surface area (Å²) in [5.74, 6) is 0.381. The first-order chi connectivity index (χ1) is 8.61. The molecule has 1 atom stereocenters. The van der Waals surface area contributed by atoms with Crippen LogP contribution in [0.25, 0.3) is 0 Å². The van der Waals surface area contributed by atoms with Crippen molar-refractivity contribution >= 4 is 11.8 Å². The van der Waals surface area contributed by atoms with Crippen LogP contribution in [0.5, 0.6) is 5.88 Å². The van der Waals surface area contributed by atoms with Crippen molar-refractivity contribution in [1.82, 2.24) is 9.97 Å². The van der Waals surface area contributed by atoms with Crippen molar-refractivity contribution in [3.8, 4) is 5.88 Å². The van der Waals surface area contributed by atoms with E-state index in [1.54, 1.807) is 6.20 Å². The maximum Gasteiger partial charge on any atom is 0.311 e. The molecule has 0 aromatic carbocycles. The minimum atomic E-state index is -0.733. The van der Waals surface area contributed by atoms with Crippen molar-refractivity contribution in [2.75, 3.05) is 25.1 Å². The Hall–Kier alpha value is -1.85. The van der Waals surface area contributed by atoms with Crippen LogP contribution in [0.1, 0.15) is 19.8 Å². The zero-order valence-corrected chi connectivity index (χ0v) is 10.6.